The number of fused-ring (bicyclic) bond motifs is 2. The summed E-state index contributed by atoms with van der Waals surface area (Å²) < 4.78 is 19.7. The van der Waals surface area contributed by atoms with Crippen LogP contribution in [0.3, 0.4) is 0 Å². The van der Waals surface area contributed by atoms with Gasteiger partial charge < -0.3 is 23.7 Å². The van der Waals surface area contributed by atoms with Crippen LogP contribution >= 0.6 is 0 Å². The Bertz CT molecular complexity index is 1300. The number of aromatic nitrogens is 2. The average Bonchev–Trinajstić information content (AvgIpc) is 3.08. The Morgan fingerprint density at radius 1 is 1.21 bits per heavy atom. The Hall–Kier alpha value is -3.73. The Kier molecular flexibility index (Phi) is 5.55. The maximum atomic E-state index is 12.6. The van der Waals surface area contributed by atoms with E-state index in [9.17, 15) is 10.1 Å². The average molecular weight is 447 g/mol. The molecule has 8 nitrogen and oxygen atoms in total. The Morgan fingerprint density at radius 2 is 2.06 bits per heavy atom. The molecule has 1 fully saturated rings. The number of benzene rings is 1. The van der Waals surface area contributed by atoms with Crippen LogP contribution in [0.25, 0.3) is 11.0 Å². The van der Waals surface area contributed by atoms with Gasteiger partial charge in [0, 0.05) is 45.0 Å². The second-order valence-corrected chi connectivity index (χ2v) is 8.61. The number of rotatable bonds is 3. The van der Waals surface area contributed by atoms with E-state index in [2.05, 4.69) is 22.9 Å². The van der Waals surface area contributed by atoms with Crippen LogP contribution in [0.15, 0.2) is 41.2 Å². The number of hydrogen-bond donors (Lipinski definition) is 0. The highest BCUT2D eigenvalue weighted by Crippen LogP contribution is 2.40. The van der Waals surface area contributed by atoms with E-state index < -0.39 is 0 Å². The lowest BCUT2D eigenvalue weighted by atomic mass is 9.95. The summed E-state index contributed by atoms with van der Waals surface area (Å²) in [6.45, 7) is 4.81. The van der Waals surface area contributed by atoms with Crippen LogP contribution in [0.1, 0.15) is 25.5 Å². The van der Waals surface area contributed by atoms with Gasteiger partial charge in [-0.2, -0.15) is 5.26 Å². The molecule has 8 heteroatoms. The predicted molar refractivity (Wildman–Crippen MR) is 124 cm³/mol. The van der Waals surface area contributed by atoms with E-state index in [1.54, 1.807) is 29.8 Å². The van der Waals surface area contributed by atoms with Crippen LogP contribution in [-0.4, -0.2) is 42.0 Å². The molecule has 1 saturated heterocycles. The molecule has 2 aromatic heterocycles. The molecule has 170 valence electrons. The molecule has 2 aliphatic rings. The van der Waals surface area contributed by atoms with Crippen LogP contribution in [0.4, 0.5) is 5.69 Å². The Morgan fingerprint density at radius 3 is 2.88 bits per heavy atom. The molecule has 0 bridgehead atoms. The molecule has 0 radical (unpaired) electrons. The van der Waals surface area contributed by atoms with Crippen molar-refractivity contribution < 1.29 is 14.2 Å². The zero-order chi connectivity index (χ0) is 22.9. The van der Waals surface area contributed by atoms with Crippen molar-refractivity contribution in [1.29, 1.82) is 5.26 Å². The molecule has 0 aliphatic carbocycles. The van der Waals surface area contributed by atoms with E-state index in [1.807, 2.05) is 18.2 Å². The van der Waals surface area contributed by atoms with E-state index in [0.29, 0.717) is 54.5 Å². The summed E-state index contributed by atoms with van der Waals surface area (Å²) in [5.41, 5.74) is 2.38. The van der Waals surface area contributed by atoms with Gasteiger partial charge in [-0.05, 0) is 24.3 Å². The van der Waals surface area contributed by atoms with Crippen molar-refractivity contribution in [1.82, 2.24) is 9.55 Å². The van der Waals surface area contributed by atoms with Crippen LogP contribution in [0, 0.1) is 17.2 Å². The van der Waals surface area contributed by atoms with Gasteiger partial charge in [-0.15, -0.1) is 0 Å². The fourth-order valence-corrected chi connectivity index (χ4v) is 4.56. The van der Waals surface area contributed by atoms with Crippen molar-refractivity contribution in [3.05, 3.63) is 52.4 Å². The molecule has 1 aromatic carbocycles. The molecule has 0 amide bonds. The summed E-state index contributed by atoms with van der Waals surface area (Å²) in [5.74, 6) is 2.30. The second-order valence-electron chi connectivity index (χ2n) is 8.61. The minimum Gasteiger partial charge on any atom is -0.489 e. The first-order valence-electron chi connectivity index (χ1n) is 11.3. The third kappa shape index (κ3) is 3.95. The maximum Gasteiger partial charge on any atom is 0.252 e. The molecule has 4 heterocycles. The van der Waals surface area contributed by atoms with Crippen molar-refractivity contribution in [2.45, 2.75) is 25.9 Å². The standard InChI is InChI=1S/C25H26N4O4/c1-16-15-29(19-13-23(30)28(2)18-8-7-17(14-26)27-24(18)19)10-9-20(16)33-22-6-3-5-21-25(22)32-12-4-11-31-21/h3,5-8,13,16,20H,4,9-12,15H2,1-2H3/t16-,20-/m0/s1. The lowest BCUT2D eigenvalue weighted by Crippen LogP contribution is -2.45. The van der Waals surface area contributed by atoms with Gasteiger partial charge in [-0.3, -0.25) is 4.79 Å². The van der Waals surface area contributed by atoms with Crippen molar-refractivity contribution in [2.24, 2.45) is 13.0 Å². The summed E-state index contributed by atoms with van der Waals surface area (Å²) in [6, 6.07) is 12.9. The molecule has 0 spiro atoms. The number of nitriles is 1. The molecule has 0 N–H and O–H groups in total. The molecule has 2 aliphatic heterocycles. The van der Waals surface area contributed by atoms with Crippen molar-refractivity contribution in [2.75, 3.05) is 31.2 Å². The second kappa shape index (κ2) is 8.66. The van der Waals surface area contributed by atoms with Gasteiger partial charge in [0.15, 0.2) is 11.5 Å². The summed E-state index contributed by atoms with van der Waals surface area (Å²) in [5, 5.41) is 9.31. The normalized spacial score (nSPS) is 20.2. The first-order valence-corrected chi connectivity index (χ1v) is 11.3. The van der Waals surface area contributed by atoms with E-state index >= 15 is 0 Å². The highest BCUT2D eigenvalue weighted by Gasteiger charge is 2.30. The molecule has 2 atom stereocenters. The van der Waals surface area contributed by atoms with Gasteiger partial charge >= 0.3 is 0 Å². The Balaban J connectivity index is 1.40. The molecule has 0 unspecified atom stereocenters. The zero-order valence-electron chi connectivity index (χ0n) is 18.8. The van der Waals surface area contributed by atoms with Gasteiger partial charge in [0.25, 0.3) is 5.56 Å². The minimum atomic E-state index is -0.0980. The maximum absolute atomic E-state index is 12.6. The van der Waals surface area contributed by atoms with Crippen molar-refractivity contribution >= 4 is 16.7 Å². The number of aryl methyl sites for hydroxylation is 1. The molecular weight excluding hydrogens is 420 g/mol. The van der Waals surface area contributed by atoms with E-state index in [4.69, 9.17) is 14.2 Å². The molecule has 0 saturated carbocycles. The summed E-state index contributed by atoms with van der Waals surface area (Å²) >= 11 is 0. The SMILES string of the molecule is C[C@H]1CN(c2cc(=O)n(C)c3ccc(C#N)nc23)CC[C@@H]1Oc1cccc2c1OCCCO2. The number of hydrogen-bond acceptors (Lipinski definition) is 7. The van der Waals surface area contributed by atoms with E-state index in [1.165, 1.54) is 0 Å². The number of ether oxygens (including phenoxy) is 3. The summed E-state index contributed by atoms with van der Waals surface area (Å²) in [7, 11) is 1.72. The molecule has 3 aromatic rings. The topological polar surface area (TPSA) is 89.6 Å². The van der Waals surface area contributed by atoms with Gasteiger partial charge in [-0.1, -0.05) is 13.0 Å². The van der Waals surface area contributed by atoms with E-state index in [0.717, 1.165) is 24.3 Å². The number of piperidine rings is 1. The molecular formula is C25H26N4O4. The van der Waals surface area contributed by atoms with Crippen LogP contribution in [-0.2, 0) is 7.05 Å². The quantitative estimate of drug-likeness (QED) is 0.610. The highest BCUT2D eigenvalue weighted by molar-refractivity contribution is 5.88. The van der Waals surface area contributed by atoms with E-state index in [-0.39, 0.29) is 17.6 Å². The van der Waals surface area contributed by atoms with Crippen LogP contribution in [0.2, 0.25) is 0 Å². The lowest BCUT2D eigenvalue weighted by molar-refractivity contribution is 0.116. The fraction of sp³-hybridized carbons (Fsp3) is 0.400. The van der Waals surface area contributed by atoms with Crippen LogP contribution < -0.4 is 24.7 Å². The zero-order valence-corrected chi connectivity index (χ0v) is 18.8. The van der Waals surface area contributed by atoms with Gasteiger partial charge in [-0.25, -0.2) is 4.98 Å². The van der Waals surface area contributed by atoms with Gasteiger partial charge in [0.2, 0.25) is 5.75 Å². The number of para-hydroxylation sites is 1. The number of pyridine rings is 2. The third-order valence-corrected chi connectivity index (χ3v) is 6.36. The fourth-order valence-electron chi connectivity index (χ4n) is 4.56. The number of anilines is 1. The lowest BCUT2D eigenvalue weighted by Gasteiger charge is -2.38. The van der Waals surface area contributed by atoms with Gasteiger partial charge in [0.05, 0.1) is 24.4 Å². The molecule has 33 heavy (non-hydrogen) atoms. The smallest absolute Gasteiger partial charge is 0.252 e. The first-order chi connectivity index (χ1) is 16.0. The highest BCUT2D eigenvalue weighted by atomic mass is 16.6. The van der Waals surface area contributed by atoms with Gasteiger partial charge in [0.1, 0.15) is 23.4 Å². The monoisotopic (exact) mass is 446 g/mol. The minimum absolute atomic E-state index is 0.0000381. The van der Waals surface area contributed by atoms with Crippen molar-refractivity contribution in [3.8, 4) is 23.3 Å². The summed E-state index contributed by atoms with van der Waals surface area (Å²) in [6.07, 6.45) is 1.62. The van der Waals surface area contributed by atoms with Crippen molar-refractivity contribution in [3.63, 3.8) is 0 Å². The number of nitrogens with zero attached hydrogens (tertiary/aromatic N) is 4. The third-order valence-electron chi connectivity index (χ3n) is 6.36. The largest absolute Gasteiger partial charge is 0.489 e. The van der Waals surface area contributed by atoms with Crippen LogP contribution in [0.5, 0.6) is 17.2 Å². The molecule has 5 rings (SSSR count). The Labute approximate surface area is 191 Å². The summed E-state index contributed by atoms with van der Waals surface area (Å²) in [4.78, 5) is 19.3. The first kappa shape index (κ1) is 21.1. The predicted octanol–water partition coefficient (Wildman–Crippen LogP) is 3.26.